The number of aliphatic hydroxyl groups is 1. The number of carbonyl (C=O) groups excluding carboxylic acids is 3. The van der Waals surface area contributed by atoms with Crippen LogP contribution in [0.1, 0.15) is 68.8 Å². The van der Waals surface area contributed by atoms with Crippen LogP contribution in [0.4, 0.5) is 5.69 Å². The highest BCUT2D eigenvalue weighted by Crippen LogP contribution is 2.68. The number of benzene rings is 2. The molecule has 1 saturated heterocycles. The molecule has 9 rings (SSSR count). The van der Waals surface area contributed by atoms with Crippen LogP contribution in [0.25, 0.3) is 10.9 Å². The number of nitrogens with zero attached hydrogens (tertiary/aromatic N) is 3. The maximum atomic E-state index is 15.2. The molecule has 2 bridgehead atoms. The molecule has 1 spiro atoms. The van der Waals surface area contributed by atoms with E-state index in [0.717, 1.165) is 52.9 Å². The summed E-state index contributed by atoms with van der Waals surface area (Å²) < 4.78 is 23.9. The lowest BCUT2D eigenvalue weighted by Gasteiger charge is -2.63. The third-order valence-electron chi connectivity index (χ3n) is 14.8. The molecule has 5 aliphatic heterocycles. The number of para-hydroxylation sites is 1. The number of anilines is 1. The smallest absolute Gasteiger partial charge is 0.344 e. The lowest BCUT2D eigenvalue weighted by atomic mass is 9.47. The van der Waals surface area contributed by atoms with Gasteiger partial charge in [0.05, 0.1) is 27.4 Å². The zero-order chi connectivity index (χ0) is 40.2. The van der Waals surface area contributed by atoms with Gasteiger partial charge in [-0.3, -0.25) is 19.4 Å². The SMILES string of the molecule is CCC1=C[C@H]2CN(C1)Cc1c([nH]c3ccccc13)[C@](C(=O)OC)(c1cc3c(cc1OC)N(C)[C@@H]1[C@](O)(C(=O)OC)[C@H](OC(C)=O)[C@]4(CC)C=CCN5CC[C@@]31[C@@H]54)C2. The molecule has 1 aromatic heterocycles. The fraction of sp³-hybridized carbons (Fsp3) is 0.533. The Kier molecular flexibility index (Phi) is 8.77. The zero-order valence-electron chi connectivity index (χ0n) is 34.0. The van der Waals surface area contributed by atoms with Crippen LogP contribution in [0.2, 0.25) is 0 Å². The largest absolute Gasteiger partial charge is 0.496 e. The normalized spacial score (nSPS) is 34.9. The first kappa shape index (κ1) is 37.9. The summed E-state index contributed by atoms with van der Waals surface area (Å²) in [5, 5.41) is 14.4. The van der Waals surface area contributed by atoms with E-state index < -0.39 is 45.9 Å². The molecule has 6 heterocycles. The number of fused-ring (bicyclic) bond motifs is 6. The van der Waals surface area contributed by atoms with Crippen molar-refractivity contribution in [1.29, 1.82) is 0 Å². The molecule has 6 aliphatic rings. The van der Waals surface area contributed by atoms with Crippen molar-refractivity contribution >= 4 is 34.5 Å². The van der Waals surface area contributed by atoms with Gasteiger partial charge in [-0.25, -0.2) is 4.79 Å². The van der Waals surface area contributed by atoms with Gasteiger partial charge in [0.25, 0.3) is 0 Å². The number of likely N-dealkylation sites (N-methyl/N-ethyl adjacent to an activating group) is 1. The molecule has 57 heavy (non-hydrogen) atoms. The minimum atomic E-state index is -2.27. The van der Waals surface area contributed by atoms with E-state index in [1.807, 2.05) is 37.1 Å². The summed E-state index contributed by atoms with van der Waals surface area (Å²) in [5.74, 6) is -1.31. The van der Waals surface area contributed by atoms with Crippen molar-refractivity contribution in [3.63, 3.8) is 0 Å². The van der Waals surface area contributed by atoms with E-state index in [2.05, 4.69) is 58.1 Å². The van der Waals surface area contributed by atoms with Gasteiger partial charge >= 0.3 is 17.9 Å². The molecule has 2 N–H and O–H groups in total. The van der Waals surface area contributed by atoms with Gasteiger partial charge in [0.2, 0.25) is 5.60 Å². The van der Waals surface area contributed by atoms with Crippen molar-refractivity contribution in [3.8, 4) is 5.75 Å². The molecular formula is C45H54N4O8. The Morgan fingerprint density at radius 3 is 2.47 bits per heavy atom. The van der Waals surface area contributed by atoms with Crippen LogP contribution in [-0.4, -0.2) is 116 Å². The molecule has 302 valence electrons. The van der Waals surface area contributed by atoms with Gasteiger partial charge in [0, 0.05) is 90.9 Å². The van der Waals surface area contributed by atoms with Crippen LogP contribution in [0.3, 0.4) is 0 Å². The van der Waals surface area contributed by atoms with Gasteiger partial charge in [-0.2, -0.15) is 0 Å². The van der Waals surface area contributed by atoms with Gasteiger partial charge in [-0.15, -0.1) is 0 Å². The molecule has 1 unspecified atom stereocenters. The second kappa shape index (κ2) is 13.2. The Morgan fingerprint density at radius 2 is 1.77 bits per heavy atom. The number of methoxy groups -OCH3 is 3. The number of hydrogen-bond acceptors (Lipinski definition) is 11. The monoisotopic (exact) mass is 778 g/mol. The number of nitrogens with one attached hydrogen (secondary N) is 1. The maximum absolute atomic E-state index is 15.2. The number of aromatic amines is 1. The molecule has 12 nitrogen and oxygen atoms in total. The third-order valence-corrected chi connectivity index (χ3v) is 14.8. The first-order chi connectivity index (χ1) is 27.4. The number of ether oxygens (including phenoxy) is 4. The molecule has 1 saturated carbocycles. The average molecular weight is 779 g/mol. The van der Waals surface area contributed by atoms with E-state index in [1.165, 1.54) is 26.7 Å². The second-order valence-corrected chi connectivity index (χ2v) is 17.2. The molecule has 0 radical (unpaired) electrons. The lowest BCUT2D eigenvalue weighted by molar-refractivity contribution is -0.228. The molecular weight excluding hydrogens is 725 g/mol. The highest BCUT2D eigenvalue weighted by molar-refractivity contribution is 5.95. The molecule has 1 aliphatic carbocycles. The fourth-order valence-electron chi connectivity index (χ4n) is 12.8. The Hall–Kier alpha value is -4.65. The van der Waals surface area contributed by atoms with E-state index in [4.69, 9.17) is 18.9 Å². The summed E-state index contributed by atoms with van der Waals surface area (Å²) in [7, 11) is 6.22. The number of carbonyl (C=O) groups is 3. The van der Waals surface area contributed by atoms with Crippen LogP contribution in [0.5, 0.6) is 5.75 Å². The summed E-state index contributed by atoms with van der Waals surface area (Å²) in [5.41, 5.74) is 1.05. The highest BCUT2D eigenvalue weighted by atomic mass is 16.6. The number of esters is 3. The summed E-state index contributed by atoms with van der Waals surface area (Å²) in [4.78, 5) is 53.1. The number of rotatable bonds is 7. The van der Waals surface area contributed by atoms with Crippen LogP contribution < -0.4 is 9.64 Å². The number of aromatic nitrogens is 1. The molecule has 0 amide bonds. The second-order valence-electron chi connectivity index (χ2n) is 17.2. The van der Waals surface area contributed by atoms with Crippen molar-refractivity contribution in [2.24, 2.45) is 11.3 Å². The van der Waals surface area contributed by atoms with Crippen LogP contribution in [-0.2, 0) is 46.0 Å². The topological polar surface area (TPSA) is 134 Å². The Bertz CT molecular complexity index is 2250. The summed E-state index contributed by atoms with van der Waals surface area (Å²) in [6.45, 7) is 9.19. The predicted molar refractivity (Wildman–Crippen MR) is 214 cm³/mol. The van der Waals surface area contributed by atoms with Crippen LogP contribution in [0.15, 0.2) is 60.2 Å². The minimum Gasteiger partial charge on any atom is -0.496 e. The van der Waals surface area contributed by atoms with Gasteiger partial charge < -0.3 is 33.9 Å². The minimum absolute atomic E-state index is 0.0284. The Balaban J connectivity index is 1.37. The molecule has 2 fully saturated rings. The Morgan fingerprint density at radius 1 is 1.00 bits per heavy atom. The summed E-state index contributed by atoms with van der Waals surface area (Å²) in [6, 6.07) is 11.2. The highest BCUT2D eigenvalue weighted by Gasteiger charge is 2.80. The van der Waals surface area contributed by atoms with Crippen LogP contribution >= 0.6 is 0 Å². The maximum Gasteiger partial charge on any atom is 0.344 e. The van der Waals surface area contributed by atoms with E-state index in [9.17, 15) is 14.7 Å². The van der Waals surface area contributed by atoms with Gasteiger partial charge in [0.1, 0.15) is 11.2 Å². The lowest BCUT2D eigenvalue weighted by Crippen LogP contribution is -2.81. The first-order valence-electron chi connectivity index (χ1n) is 20.3. The Labute approximate surface area is 333 Å². The predicted octanol–water partition coefficient (Wildman–Crippen LogP) is 4.75. The average Bonchev–Trinajstić information content (AvgIpc) is 3.87. The third kappa shape index (κ3) is 4.80. The van der Waals surface area contributed by atoms with Crippen LogP contribution in [0, 0.1) is 11.3 Å². The summed E-state index contributed by atoms with van der Waals surface area (Å²) in [6.07, 6.45) is 7.67. The van der Waals surface area contributed by atoms with Crippen molar-refractivity contribution < 1.29 is 38.4 Å². The fourth-order valence-corrected chi connectivity index (χ4v) is 12.8. The van der Waals surface area contributed by atoms with E-state index >= 15 is 4.79 Å². The molecule has 9 atom stereocenters. The van der Waals surface area contributed by atoms with Crippen molar-refractivity contribution in [2.75, 3.05) is 59.5 Å². The number of H-pyrrole nitrogens is 1. The van der Waals surface area contributed by atoms with E-state index in [1.54, 1.807) is 7.11 Å². The standard InChI is InChI=1S/C45H54N4O8/c1-8-27-19-28-22-44(40(51)55-6,36-30(25-48(23-27)24-28)29-13-10-11-14-33(29)46-36)32-20-31-34(21-35(32)54-5)47(4)38-43(31)16-18-49-17-12-15-42(9-2,37(43)49)39(57-26(3)50)45(38,53)41(52)56-7/h10-15,19-21,28,37-39,46,53H,8-9,16-18,22-25H2,1-7H3/t28-,37+,38+,39-,42-,43+,44-,45-/m1/s1. The molecule has 12 heteroatoms. The number of hydrogen-bond donors (Lipinski definition) is 2. The van der Waals surface area contributed by atoms with Gasteiger partial charge in [0.15, 0.2) is 6.10 Å². The zero-order valence-corrected chi connectivity index (χ0v) is 34.0. The van der Waals surface area contributed by atoms with Crippen molar-refractivity contribution in [2.45, 2.75) is 87.6 Å². The molecule has 2 aromatic carbocycles. The van der Waals surface area contributed by atoms with E-state index in [-0.39, 0.29) is 17.9 Å². The van der Waals surface area contributed by atoms with Gasteiger partial charge in [-0.05, 0) is 61.4 Å². The van der Waals surface area contributed by atoms with Crippen molar-refractivity contribution in [1.82, 2.24) is 14.8 Å². The van der Waals surface area contributed by atoms with Crippen molar-refractivity contribution in [3.05, 3.63) is 82.6 Å². The quantitative estimate of drug-likeness (QED) is 0.196. The molecule has 3 aromatic rings. The summed E-state index contributed by atoms with van der Waals surface area (Å²) >= 11 is 0. The van der Waals surface area contributed by atoms with Gasteiger partial charge in [-0.1, -0.05) is 55.8 Å². The van der Waals surface area contributed by atoms with E-state index in [0.29, 0.717) is 50.2 Å². The first-order valence-corrected chi connectivity index (χ1v) is 20.3.